The summed E-state index contributed by atoms with van der Waals surface area (Å²) in [5.74, 6) is 1.31. The minimum atomic E-state index is -0.399. The first kappa shape index (κ1) is 14.6. The zero-order chi connectivity index (χ0) is 14.4. The van der Waals surface area contributed by atoms with Crippen LogP contribution in [-0.4, -0.2) is 41.8 Å². The molecule has 0 spiro atoms. The highest BCUT2D eigenvalue weighted by atomic mass is 16.6. The summed E-state index contributed by atoms with van der Waals surface area (Å²) in [6.07, 6.45) is 2.15. The lowest BCUT2D eigenvalue weighted by Gasteiger charge is -2.41. The molecule has 19 heavy (non-hydrogen) atoms. The van der Waals surface area contributed by atoms with Gasteiger partial charge in [-0.05, 0) is 66.3 Å². The second-order valence-electron chi connectivity index (χ2n) is 7.70. The molecule has 1 saturated carbocycles. The van der Waals surface area contributed by atoms with Crippen LogP contribution in [-0.2, 0) is 4.74 Å². The van der Waals surface area contributed by atoms with Gasteiger partial charge in [-0.2, -0.15) is 0 Å². The van der Waals surface area contributed by atoms with Crippen LogP contribution in [0.5, 0.6) is 0 Å². The maximum atomic E-state index is 12.2. The van der Waals surface area contributed by atoms with Gasteiger partial charge < -0.3 is 15.0 Å². The van der Waals surface area contributed by atoms with E-state index in [9.17, 15) is 4.79 Å². The molecule has 3 fully saturated rings. The number of nitrogens with zero attached hydrogens (tertiary/aromatic N) is 1. The van der Waals surface area contributed by atoms with Gasteiger partial charge in [0, 0.05) is 18.1 Å². The Hall–Kier alpha value is -0.770. The molecule has 1 amide bonds. The van der Waals surface area contributed by atoms with E-state index in [1.807, 2.05) is 32.7 Å². The average molecular weight is 268 g/mol. The summed E-state index contributed by atoms with van der Waals surface area (Å²) in [6.45, 7) is 11.1. The van der Waals surface area contributed by atoms with Crippen molar-refractivity contribution in [2.45, 2.75) is 64.6 Å². The van der Waals surface area contributed by atoms with E-state index in [0.717, 1.165) is 19.4 Å². The van der Waals surface area contributed by atoms with Crippen LogP contribution < -0.4 is 5.32 Å². The molecule has 3 rings (SSSR count). The van der Waals surface area contributed by atoms with Crippen LogP contribution in [0, 0.1) is 11.8 Å². The Balaban J connectivity index is 1.94. The van der Waals surface area contributed by atoms with Crippen molar-refractivity contribution in [1.29, 1.82) is 0 Å². The summed E-state index contributed by atoms with van der Waals surface area (Å²) in [5, 5.41) is 3.36. The molecule has 0 aromatic heterocycles. The lowest BCUT2D eigenvalue weighted by atomic mass is 9.68. The van der Waals surface area contributed by atoms with Crippen LogP contribution in [0.3, 0.4) is 0 Å². The van der Waals surface area contributed by atoms with Crippen LogP contribution in [0.1, 0.15) is 47.5 Å². The zero-order valence-corrected chi connectivity index (χ0v) is 13.1. The van der Waals surface area contributed by atoms with E-state index < -0.39 is 5.60 Å². The van der Waals surface area contributed by atoms with Crippen LogP contribution in [0.2, 0.25) is 0 Å². The number of carbonyl (C=O) groups is 1. The maximum Gasteiger partial charge on any atom is 0.410 e. The number of nitrogens with one attached hydrogen (secondary N) is 1. The van der Waals surface area contributed by atoms with Crippen molar-refractivity contribution < 1.29 is 9.53 Å². The Morgan fingerprint density at radius 1 is 1.32 bits per heavy atom. The molecule has 2 saturated heterocycles. The minimum Gasteiger partial charge on any atom is -0.444 e. The summed E-state index contributed by atoms with van der Waals surface area (Å²) in [6, 6.07) is 0.396. The third kappa shape index (κ3) is 3.04. The van der Waals surface area contributed by atoms with Gasteiger partial charge in [0.1, 0.15) is 5.60 Å². The van der Waals surface area contributed by atoms with E-state index >= 15 is 0 Å². The second kappa shape index (κ2) is 4.65. The van der Waals surface area contributed by atoms with Crippen molar-refractivity contribution in [3.05, 3.63) is 0 Å². The van der Waals surface area contributed by atoms with Gasteiger partial charge in [0.2, 0.25) is 0 Å². The topological polar surface area (TPSA) is 41.6 Å². The summed E-state index contributed by atoms with van der Waals surface area (Å²) >= 11 is 0. The molecule has 1 aliphatic carbocycles. The molecule has 2 bridgehead atoms. The van der Waals surface area contributed by atoms with Gasteiger partial charge in [-0.3, -0.25) is 0 Å². The predicted octanol–water partition coefficient (Wildman–Crippen LogP) is 2.63. The lowest BCUT2D eigenvalue weighted by molar-refractivity contribution is 0.0181. The highest BCUT2D eigenvalue weighted by molar-refractivity contribution is 5.69. The van der Waals surface area contributed by atoms with Gasteiger partial charge in [-0.25, -0.2) is 4.79 Å². The highest BCUT2D eigenvalue weighted by Gasteiger charge is 2.55. The molecular weight excluding hydrogens is 240 g/mol. The van der Waals surface area contributed by atoms with Crippen LogP contribution in [0.15, 0.2) is 0 Å². The van der Waals surface area contributed by atoms with E-state index in [2.05, 4.69) is 19.2 Å². The fourth-order valence-corrected chi connectivity index (χ4v) is 3.26. The van der Waals surface area contributed by atoms with E-state index in [1.165, 1.54) is 0 Å². The Bertz CT molecular complexity index is 360. The summed E-state index contributed by atoms with van der Waals surface area (Å²) in [5.41, 5.74) is -0.255. The SMILES string of the molecule is CNC(C)(C)CC1[C@H]2C[C@@H]1N(C(=O)OC(C)(C)C)C2. The van der Waals surface area contributed by atoms with Gasteiger partial charge in [0.15, 0.2) is 0 Å². The fourth-order valence-electron chi connectivity index (χ4n) is 3.26. The summed E-state index contributed by atoms with van der Waals surface area (Å²) < 4.78 is 5.49. The van der Waals surface area contributed by atoms with E-state index in [-0.39, 0.29) is 11.6 Å². The largest absolute Gasteiger partial charge is 0.444 e. The number of hydrogen-bond acceptors (Lipinski definition) is 3. The average Bonchev–Trinajstić information content (AvgIpc) is 2.81. The first-order chi connectivity index (χ1) is 8.63. The number of carbonyl (C=O) groups excluding carboxylic acids is 1. The van der Waals surface area contributed by atoms with Gasteiger partial charge in [0.05, 0.1) is 0 Å². The van der Waals surface area contributed by atoms with Gasteiger partial charge in [-0.15, -0.1) is 0 Å². The predicted molar refractivity (Wildman–Crippen MR) is 76.1 cm³/mol. The molecule has 0 radical (unpaired) electrons. The summed E-state index contributed by atoms with van der Waals surface area (Å²) in [7, 11) is 2.01. The smallest absolute Gasteiger partial charge is 0.410 e. The molecule has 4 nitrogen and oxygen atoms in total. The van der Waals surface area contributed by atoms with Gasteiger partial charge in [-0.1, -0.05) is 0 Å². The molecular formula is C15H28N2O2. The number of ether oxygens (including phenoxy) is 1. The molecule has 2 heterocycles. The Morgan fingerprint density at radius 2 is 1.95 bits per heavy atom. The number of fused-ring (bicyclic) bond motifs is 1. The van der Waals surface area contributed by atoms with Crippen molar-refractivity contribution in [3.63, 3.8) is 0 Å². The van der Waals surface area contributed by atoms with Crippen molar-refractivity contribution in [3.8, 4) is 0 Å². The standard InChI is InChI=1S/C15H28N2O2/c1-14(2,3)19-13(18)17-9-10-7-12(17)11(10)8-15(4,5)16-6/h10-12,16H,7-9H2,1-6H3/t10-,11?,12-/m0/s1. The first-order valence-electron chi connectivity index (χ1n) is 7.31. The zero-order valence-electron chi connectivity index (χ0n) is 13.1. The monoisotopic (exact) mass is 268 g/mol. The molecule has 4 heteroatoms. The third-order valence-corrected chi connectivity index (χ3v) is 4.53. The Kier molecular flexibility index (Phi) is 3.58. The number of rotatable bonds is 3. The van der Waals surface area contributed by atoms with Crippen molar-refractivity contribution >= 4 is 6.09 Å². The normalized spacial score (nSPS) is 30.2. The molecule has 3 aliphatic rings. The molecule has 1 unspecified atom stereocenters. The molecule has 0 aromatic rings. The molecule has 1 N–H and O–H groups in total. The quantitative estimate of drug-likeness (QED) is 0.855. The van der Waals surface area contributed by atoms with Crippen molar-refractivity contribution in [2.75, 3.05) is 13.6 Å². The Labute approximate surface area is 116 Å². The first-order valence-corrected chi connectivity index (χ1v) is 7.31. The molecule has 0 aromatic carbocycles. The summed E-state index contributed by atoms with van der Waals surface area (Å²) in [4.78, 5) is 14.1. The van der Waals surface area contributed by atoms with Crippen molar-refractivity contribution in [1.82, 2.24) is 10.2 Å². The maximum absolute atomic E-state index is 12.2. The van der Waals surface area contributed by atoms with Crippen LogP contribution in [0.4, 0.5) is 4.79 Å². The number of hydrogen-bond donors (Lipinski definition) is 1. The number of amides is 1. The van der Waals surface area contributed by atoms with Gasteiger partial charge >= 0.3 is 6.09 Å². The Morgan fingerprint density at radius 3 is 2.47 bits per heavy atom. The third-order valence-electron chi connectivity index (χ3n) is 4.53. The molecule has 110 valence electrons. The van der Waals surface area contributed by atoms with E-state index in [0.29, 0.717) is 17.9 Å². The molecule has 2 aliphatic heterocycles. The minimum absolute atomic E-state index is 0.134. The lowest BCUT2D eigenvalue weighted by Crippen LogP contribution is -2.48. The van der Waals surface area contributed by atoms with E-state index in [1.54, 1.807) is 0 Å². The van der Waals surface area contributed by atoms with Crippen molar-refractivity contribution in [2.24, 2.45) is 11.8 Å². The second-order valence-corrected chi connectivity index (χ2v) is 7.70. The van der Waals surface area contributed by atoms with Crippen LogP contribution >= 0.6 is 0 Å². The van der Waals surface area contributed by atoms with E-state index in [4.69, 9.17) is 4.74 Å². The molecule has 3 atom stereocenters. The fraction of sp³-hybridized carbons (Fsp3) is 0.933. The van der Waals surface area contributed by atoms with Crippen LogP contribution in [0.25, 0.3) is 0 Å². The van der Waals surface area contributed by atoms with Gasteiger partial charge in [0.25, 0.3) is 0 Å². The highest BCUT2D eigenvalue weighted by Crippen LogP contribution is 2.49.